The van der Waals surface area contributed by atoms with Crippen molar-refractivity contribution in [1.82, 2.24) is 5.32 Å². The summed E-state index contributed by atoms with van der Waals surface area (Å²) in [4.78, 5) is 32.4. The Hall–Kier alpha value is -2.64. The molecule has 21 heavy (non-hydrogen) atoms. The second kappa shape index (κ2) is 7.22. The molecule has 0 fully saturated rings. The van der Waals surface area contributed by atoms with Crippen molar-refractivity contribution in [2.24, 2.45) is 0 Å². The molecule has 1 aromatic rings. The predicted octanol–water partition coefficient (Wildman–Crippen LogP) is 1.90. The third kappa shape index (κ3) is 4.75. The number of carbonyl (C=O) groups excluding carboxylic acids is 1. The van der Waals surface area contributed by atoms with Crippen LogP contribution >= 0.6 is 0 Å². The molecule has 1 aromatic carbocycles. The first kappa shape index (κ1) is 16.4. The van der Waals surface area contributed by atoms with Gasteiger partial charge in [0.1, 0.15) is 12.6 Å². The number of rotatable bonds is 6. The van der Waals surface area contributed by atoms with Crippen molar-refractivity contribution in [1.29, 1.82) is 0 Å². The standard InChI is InChI=1S/C13H16N2O6/c1-8(7-21-13(18)14-9(2)12(16)17)10-5-3-4-6-11(10)15(19)20/h3-6,8-9H,7H2,1-2H3,(H,14,18)(H,16,17)/t8?,9-/m0/s1. The molecule has 0 bridgehead atoms. The van der Waals surface area contributed by atoms with Crippen LogP contribution in [0.2, 0.25) is 0 Å². The van der Waals surface area contributed by atoms with Crippen LogP contribution in [0, 0.1) is 10.1 Å². The zero-order valence-corrected chi connectivity index (χ0v) is 11.6. The number of carboxylic acid groups (broad SMARTS) is 1. The number of hydrogen-bond donors (Lipinski definition) is 2. The predicted molar refractivity (Wildman–Crippen MR) is 73.1 cm³/mol. The highest BCUT2D eigenvalue weighted by molar-refractivity contribution is 5.79. The van der Waals surface area contributed by atoms with E-state index in [0.717, 1.165) is 0 Å². The number of ether oxygens (including phenoxy) is 1. The second-order valence-electron chi connectivity index (χ2n) is 4.52. The highest BCUT2D eigenvalue weighted by Crippen LogP contribution is 2.26. The number of nitro benzene ring substituents is 1. The van der Waals surface area contributed by atoms with Crippen LogP contribution in [0.15, 0.2) is 24.3 Å². The van der Waals surface area contributed by atoms with Crippen molar-refractivity contribution in [2.75, 3.05) is 6.61 Å². The summed E-state index contributed by atoms with van der Waals surface area (Å²) in [6.45, 7) is 2.88. The normalized spacial score (nSPS) is 13.0. The molecule has 0 aliphatic heterocycles. The highest BCUT2D eigenvalue weighted by atomic mass is 16.6. The first-order chi connectivity index (χ1) is 9.82. The average molecular weight is 296 g/mol. The Bertz CT molecular complexity index is 545. The molecule has 0 heterocycles. The molecular formula is C13H16N2O6. The lowest BCUT2D eigenvalue weighted by Gasteiger charge is -2.14. The van der Waals surface area contributed by atoms with Crippen LogP contribution in [0.1, 0.15) is 25.3 Å². The number of aliphatic carboxylic acids is 1. The van der Waals surface area contributed by atoms with Gasteiger partial charge in [-0.15, -0.1) is 0 Å². The Morgan fingerprint density at radius 1 is 1.38 bits per heavy atom. The first-order valence-corrected chi connectivity index (χ1v) is 6.22. The molecular weight excluding hydrogens is 280 g/mol. The summed E-state index contributed by atoms with van der Waals surface area (Å²) in [7, 11) is 0. The lowest BCUT2D eigenvalue weighted by Crippen LogP contribution is -2.39. The maximum absolute atomic E-state index is 11.4. The third-order valence-electron chi connectivity index (χ3n) is 2.83. The number of alkyl carbamates (subject to hydrolysis) is 1. The summed E-state index contributed by atoms with van der Waals surface area (Å²) in [5, 5.41) is 21.7. The molecule has 2 N–H and O–H groups in total. The van der Waals surface area contributed by atoms with E-state index in [-0.39, 0.29) is 12.3 Å². The third-order valence-corrected chi connectivity index (χ3v) is 2.83. The van der Waals surface area contributed by atoms with Crippen LogP contribution in [0.25, 0.3) is 0 Å². The lowest BCUT2D eigenvalue weighted by atomic mass is 10.0. The van der Waals surface area contributed by atoms with Gasteiger partial charge >= 0.3 is 12.1 Å². The fraction of sp³-hybridized carbons (Fsp3) is 0.385. The van der Waals surface area contributed by atoms with Crippen molar-refractivity contribution in [3.8, 4) is 0 Å². The fourth-order valence-electron chi connectivity index (χ4n) is 1.64. The maximum atomic E-state index is 11.4. The van der Waals surface area contributed by atoms with Gasteiger partial charge in [-0.3, -0.25) is 14.9 Å². The van der Waals surface area contributed by atoms with Gasteiger partial charge in [0.15, 0.2) is 0 Å². The molecule has 1 unspecified atom stereocenters. The molecule has 0 aliphatic carbocycles. The van der Waals surface area contributed by atoms with E-state index in [9.17, 15) is 19.7 Å². The summed E-state index contributed by atoms with van der Waals surface area (Å²) in [6, 6.07) is 5.10. The summed E-state index contributed by atoms with van der Waals surface area (Å²) >= 11 is 0. The zero-order valence-electron chi connectivity index (χ0n) is 11.6. The van der Waals surface area contributed by atoms with Crippen LogP contribution in [0.5, 0.6) is 0 Å². The Kier molecular flexibility index (Phi) is 5.65. The summed E-state index contributed by atoms with van der Waals surface area (Å²) < 4.78 is 4.88. The van der Waals surface area contributed by atoms with E-state index in [1.807, 2.05) is 0 Å². The molecule has 114 valence electrons. The Morgan fingerprint density at radius 2 is 2.00 bits per heavy atom. The highest BCUT2D eigenvalue weighted by Gasteiger charge is 2.20. The quantitative estimate of drug-likeness (QED) is 0.611. The number of amides is 1. The average Bonchev–Trinajstić information content (AvgIpc) is 2.44. The SMILES string of the molecule is CC(COC(=O)N[C@@H](C)C(=O)O)c1ccccc1[N+](=O)[O-]. The number of para-hydroxylation sites is 1. The van der Waals surface area contributed by atoms with Gasteiger partial charge in [-0.2, -0.15) is 0 Å². The smallest absolute Gasteiger partial charge is 0.407 e. The van der Waals surface area contributed by atoms with Crippen LogP contribution < -0.4 is 5.32 Å². The number of nitrogens with one attached hydrogen (secondary N) is 1. The molecule has 2 atom stereocenters. The minimum Gasteiger partial charge on any atom is -0.480 e. The van der Waals surface area contributed by atoms with E-state index in [1.54, 1.807) is 25.1 Å². The number of nitro groups is 1. The number of carbonyl (C=O) groups is 2. The minimum absolute atomic E-state index is 0.0482. The lowest BCUT2D eigenvalue weighted by molar-refractivity contribution is -0.385. The first-order valence-electron chi connectivity index (χ1n) is 6.22. The van der Waals surface area contributed by atoms with Crippen molar-refractivity contribution in [3.63, 3.8) is 0 Å². The van der Waals surface area contributed by atoms with Gasteiger partial charge in [0.2, 0.25) is 0 Å². The number of benzene rings is 1. The van der Waals surface area contributed by atoms with E-state index >= 15 is 0 Å². The fourth-order valence-corrected chi connectivity index (χ4v) is 1.64. The molecule has 0 aromatic heterocycles. The zero-order chi connectivity index (χ0) is 16.0. The number of nitrogens with zero attached hydrogens (tertiary/aromatic N) is 1. The van der Waals surface area contributed by atoms with Gasteiger partial charge in [0.25, 0.3) is 5.69 Å². The molecule has 0 radical (unpaired) electrons. The molecule has 8 nitrogen and oxygen atoms in total. The molecule has 8 heteroatoms. The van der Waals surface area contributed by atoms with Gasteiger partial charge in [0.05, 0.1) is 4.92 Å². The summed E-state index contributed by atoms with van der Waals surface area (Å²) in [6.07, 6.45) is -0.879. The largest absolute Gasteiger partial charge is 0.480 e. The van der Waals surface area contributed by atoms with E-state index in [2.05, 4.69) is 5.32 Å². The summed E-state index contributed by atoms with van der Waals surface area (Å²) in [5.74, 6) is -1.57. The summed E-state index contributed by atoms with van der Waals surface area (Å²) in [5.41, 5.74) is 0.398. The van der Waals surface area contributed by atoms with Crippen LogP contribution in [-0.4, -0.2) is 34.7 Å². The van der Waals surface area contributed by atoms with Crippen molar-refractivity contribution >= 4 is 17.7 Å². The topological polar surface area (TPSA) is 119 Å². The molecule has 0 spiro atoms. The van der Waals surface area contributed by atoms with Gasteiger partial charge in [-0.1, -0.05) is 25.1 Å². The van der Waals surface area contributed by atoms with E-state index in [0.29, 0.717) is 5.56 Å². The Labute approximate surface area is 120 Å². The second-order valence-corrected chi connectivity index (χ2v) is 4.52. The van der Waals surface area contributed by atoms with Gasteiger partial charge < -0.3 is 15.2 Å². The monoisotopic (exact) mass is 296 g/mol. The van der Waals surface area contributed by atoms with Gasteiger partial charge in [-0.25, -0.2) is 4.79 Å². The molecule has 1 rings (SSSR count). The van der Waals surface area contributed by atoms with Crippen molar-refractivity contribution in [3.05, 3.63) is 39.9 Å². The van der Waals surface area contributed by atoms with Crippen molar-refractivity contribution < 1.29 is 24.4 Å². The molecule has 0 aliphatic rings. The number of hydrogen-bond acceptors (Lipinski definition) is 5. The van der Waals surface area contributed by atoms with Crippen LogP contribution in [0.4, 0.5) is 10.5 Å². The van der Waals surface area contributed by atoms with Gasteiger partial charge in [0, 0.05) is 17.5 Å². The Balaban J connectivity index is 2.62. The van der Waals surface area contributed by atoms with Crippen molar-refractivity contribution in [2.45, 2.75) is 25.8 Å². The number of carboxylic acids is 1. The molecule has 0 saturated carbocycles. The molecule has 0 saturated heterocycles. The van der Waals surface area contributed by atoms with E-state index in [1.165, 1.54) is 13.0 Å². The van der Waals surface area contributed by atoms with Crippen LogP contribution in [-0.2, 0) is 9.53 Å². The Morgan fingerprint density at radius 3 is 2.57 bits per heavy atom. The maximum Gasteiger partial charge on any atom is 0.407 e. The van der Waals surface area contributed by atoms with Crippen LogP contribution in [0.3, 0.4) is 0 Å². The minimum atomic E-state index is -1.18. The van der Waals surface area contributed by atoms with E-state index < -0.39 is 28.9 Å². The molecule has 1 amide bonds. The van der Waals surface area contributed by atoms with Gasteiger partial charge in [-0.05, 0) is 6.92 Å². The van der Waals surface area contributed by atoms with E-state index in [4.69, 9.17) is 9.84 Å².